The zero-order valence-corrected chi connectivity index (χ0v) is 24.2. The molecule has 1 atom stereocenters. The molecular formula is C31H34FN3O6S. The van der Waals surface area contributed by atoms with Gasteiger partial charge in [0.15, 0.2) is 11.5 Å². The number of benzene rings is 3. The van der Waals surface area contributed by atoms with Crippen molar-refractivity contribution >= 4 is 27.5 Å². The van der Waals surface area contributed by atoms with E-state index in [0.29, 0.717) is 30.3 Å². The highest BCUT2D eigenvalue weighted by Crippen LogP contribution is 2.36. The second-order valence-electron chi connectivity index (χ2n) is 10.5. The Hall–Kier alpha value is -4.12. The fraction of sp³-hybridized carbons (Fsp3) is 0.355. The molecule has 1 fully saturated rings. The Labute approximate surface area is 245 Å². The average molecular weight is 596 g/mol. The highest BCUT2D eigenvalue weighted by atomic mass is 32.2. The van der Waals surface area contributed by atoms with Crippen molar-refractivity contribution in [2.75, 3.05) is 24.1 Å². The van der Waals surface area contributed by atoms with E-state index in [9.17, 15) is 22.4 Å². The van der Waals surface area contributed by atoms with E-state index in [4.69, 9.17) is 9.47 Å². The number of hydrogen-bond donors (Lipinski definition) is 1. The fourth-order valence-corrected chi connectivity index (χ4v) is 6.62. The number of rotatable bonds is 10. The zero-order valence-electron chi connectivity index (χ0n) is 23.4. The topological polar surface area (TPSA) is 105 Å². The molecule has 1 aliphatic heterocycles. The van der Waals surface area contributed by atoms with Gasteiger partial charge in [-0.05, 0) is 61.7 Å². The number of hydrogen-bond acceptors (Lipinski definition) is 6. The average Bonchev–Trinajstić information content (AvgIpc) is 3.52. The molecule has 2 amide bonds. The van der Waals surface area contributed by atoms with E-state index in [-0.39, 0.29) is 29.1 Å². The monoisotopic (exact) mass is 595 g/mol. The van der Waals surface area contributed by atoms with E-state index in [1.54, 1.807) is 37.3 Å². The Kier molecular flexibility index (Phi) is 8.96. The number of carbonyl (C=O) groups is 2. The SMILES string of the molecule is C[C@H](C(=O)NC1CCCC1)N(Cc1ccc(F)cc1)C(=O)CN(c1ccc2c(c1)OCCO2)S(=O)(=O)c1ccccc1. The van der Waals surface area contributed by atoms with Gasteiger partial charge in [0.1, 0.15) is 31.6 Å². The summed E-state index contributed by atoms with van der Waals surface area (Å²) in [6.45, 7) is 1.69. The van der Waals surface area contributed by atoms with Crippen molar-refractivity contribution in [1.82, 2.24) is 10.2 Å². The molecule has 1 aliphatic carbocycles. The first-order chi connectivity index (χ1) is 20.2. The summed E-state index contributed by atoms with van der Waals surface area (Å²) in [5.41, 5.74) is 0.809. The van der Waals surface area contributed by atoms with E-state index in [0.717, 1.165) is 30.0 Å². The van der Waals surface area contributed by atoms with Crippen molar-refractivity contribution in [1.29, 1.82) is 0 Å². The lowest BCUT2D eigenvalue weighted by Crippen LogP contribution is -2.52. The van der Waals surface area contributed by atoms with E-state index in [2.05, 4.69) is 5.32 Å². The first-order valence-electron chi connectivity index (χ1n) is 14.0. The lowest BCUT2D eigenvalue weighted by Gasteiger charge is -2.32. The molecule has 0 saturated heterocycles. The van der Waals surface area contributed by atoms with Crippen LogP contribution in [-0.4, -0.2) is 57.0 Å². The summed E-state index contributed by atoms with van der Waals surface area (Å²) in [5.74, 6) is -0.505. The van der Waals surface area contributed by atoms with Crippen LogP contribution in [0.4, 0.5) is 10.1 Å². The van der Waals surface area contributed by atoms with Crippen LogP contribution in [0, 0.1) is 5.82 Å². The minimum atomic E-state index is -4.21. The second kappa shape index (κ2) is 12.8. The molecule has 0 aromatic heterocycles. The van der Waals surface area contributed by atoms with Crippen molar-refractivity contribution < 1.29 is 31.9 Å². The maximum Gasteiger partial charge on any atom is 0.264 e. The second-order valence-corrected chi connectivity index (χ2v) is 12.3. The number of nitrogens with one attached hydrogen (secondary N) is 1. The van der Waals surface area contributed by atoms with Crippen molar-refractivity contribution in [2.45, 2.75) is 56.1 Å². The van der Waals surface area contributed by atoms with E-state index >= 15 is 0 Å². The molecule has 11 heteroatoms. The number of halogens is 1. The van der Waals surface area contributed by atoms with Crippen LogP contribution in [0.3, 0.4) is 0 Å². The van der Waals surface area contributed by atoms with Crippen molar-refractivity contribution in [3.63, 3.8) is 0 Å². The van der Waals surface area contributed by atoms with E-state index in [1.165, 1.54) is 47.4 Å². The fourth-order valence-electron chi connectivity index (χ4n) is 5.20. The molecule has 5 rings (SSSR count). The molecule has 42 heavy (non-hydrogen) atoms. The molecule has 0 unspecified atom stereocenters. The smallest absolute Gasteiger partial charge is 0.264 e. The summed E-state index contributed by atoms with van der Waals surface area (Å²) < 4.78 is 53.8. The Bertz CT molecular complexity index is 1510. The molecule has 3 aromatic rings. The van der Waals surface area contributed by atoms with Crippen LogP contribution in [0.5, 0.6) is 11.5 Å². The molecule has 0 radical (unpaired) electrons. The first kappa shape index (κ1) is 29.4. The highest BCUT2D eigenvalue weighted by Gasteiger charge is 2.34. The summed E-state index contributed by atoms with van der Waals surface area (Å²) in [6, 6.07) is 17.3. The van der Waals surface area contributed by atoms with Gasteiger partial charge in [-0.2, -0.15) is 0 Å². The molecule has 0 spiro atoms. The lowest BCUT2D eigenvalue weighted by atomic mass is 10.1. The summed E-state index contributed by atoms with van der Waals surface area (Å²) in [4.78, 5) is 28.7. The van der Waals surface area contributed by atoms with Gasteiger partial charge < -0.3 is 19.7 Å². The third-order valence-corrected chi connectivity index (χ3v) is 9.35. The number of carbonyl (C=O) groups excluding carboxylic acids is 2. The van der Waals surface area contributed by atoms with Gasteiger partial charge in [-0.1, -0.05) is 43.2 Å². The first-order valence-corrected chi connectivity index (χ1v) is 15.5. The van der Waals surface area contributed by atoms with Gasteiger partial charge in [-0.25, -0.2) is 12.8 Å². The van der Waals surface area contributed by atoms with E-state index in [1.807, 2.05) is 0 Å². The normalized spacial score (nSPS) is 15.6. The predicted octanol–water partition coefficient (Wildman–Crippen LogP) is 4.27. The Balaban J connectivity index is 1.48. The molecule has 0 bridgehead atoms. The van der Waals surface area contributed by atoms with Gasteiger partial charge >= 0.3 is 0 Å². The van der Waals surface area contributed by atoms with Crippen molar-refractivity contribution in [3.05, 3.63) is 84.2 Å². The summed E-state index contributed by atoms with van der Waals surface area (Å²) >= 11 is 0. The highest BCUT2D eigenvalue weighted by molar-refractivity contribution is 7.92. The molecule has 1 heterocycles. The number of ether oxygens (including phenoxy) is 2. The number of nitrogens with zero attached hydrogens (tertiary/aromatic N) is 2. The van der Waals surface area contributed by atoms with Crippen molar-refractivity contribution in [3.8, 4) is 11.5 Å². The van der Waals surface area contributed by atoms with E-state index < -0.39 is 34.3 Å². The van der Waals surface area contributed by atoms with Crippen LogP contribution in [0.15, 0.2) is 77.7 Å². The van der Waals surface area contributed by atoms with Crippen LogP contribution in [0.1, 0.15) is 38.2 Å². The molecule has 1 N–H and O–H groups in total. The van der Waals surface area contributed by atoms with Crippen LogP contribution >= 0.6 is 0 Å². The van der Waals surface area contributed by atoms with Crippen LogP contribution in [0.2, 0.25) is 0 Å². The third kappa shape index (κ3) is 6.67. The van der Waals surface area contributed by atoms with Gasteiger partial charge in [-0.3, -0.25) is 13.9 Å². The van der Waals surface area contributed by atoms with Crippen molar-refractivity contribution in [2.24, 2.45) is 0 Å². The maximum atomic E-state index is 14.1. The molecule has 2 aliphatic rings. The summed E-state index contributed by atoms with van der Waals surface area (Å²) in [5, 5.41) is 3.03. The molecule has 3 aromatic carbocycles. The Morgan fingerprint density at radius 2 is 1.62 bits per heavy atom. The van der Waals surface area contributed by atoms with Gasteiger partial charge in [0.05, 0.1) is 10.6 Å². The number of anilines is 1. The molecule has 9 nitrogen and oxygen atoms in total. The number of sulfonamides is 1. The largest absolute Gasteiger partial charge is 0.486 e. The number of fused-ring (bicyclic) bond motifs is 1. The molecule has 222 valence electrons. The lowest BCUT2D eigenvalue weighted by molar-refractivity contribution is -0.139. The third-order valence-electron chi connectivity index (χ3n) is 7.56. The van der Waals surface area contributed by atoms with Crippen LogP contribution in [0.25, 0.3) is 0 Å². The number of amides is 2. The summed E-state index contributed by atoms with van der Waals surface area (Å²) in [6.07, 6.45) is 3.80. The molecule has 1 saturated carbocycles. The van der Waals surface area contributed by atoms with Gasteiger partial charge in [0, 0.05) is 18.7 Å². The maximum absolute atomic E-state index is 14.1. The molecular weight excluding hydrogens is 561 g/mol. The Morgan fingerprint density at radius 1 is 0.952 bits per heavy atom. The standard InChI is InChI=1S/C31H34FN3O6S/c1-22(31(37)33-25-7-5-6-8-25)34(20-23-11-13-24(32)14-12-23)30(36)21-35(42(38,39)27-9-3-2-4-10-27)26-15-16-28-29(19-26)41-18-17-40-28/h2-4,9-16,19,22,25H,5-8,17-18,20-21H2,1H3,(H,33,37)/t22-/m1/s1. The zero-order chi connectivity index (χ0) is 29.7. The predicted molar refractivity (Wildman–Crippen MR) is 155 cm³/mol. The van der Waals surface area contributed by atoms with Gasteiger partial charge in [0.25, 0.3) is 10.0 Å². The minimum Gasteiger partial charge on any atom is -0.486 e. The van der Waals surface area contributed by atoms with Crippen LogP contribution < -0.4 is 19.1 Å². The van der Waals surface area contributed by atoms with Gasteiger partial charge in [0.2, 0.25) is 11.8 Å². The minimum absolute atomic E-state index is 0.00444. The van der Waals surface area contributed by atoms with Crippen LogP contribution in [-0.2, 0) is 26.2 Å². The van der Waals surface area contributed by atoms with Gasteiger partial charge in [-0.15, -0.1) is 0 Å². The Morgan fingerprint density at radius 3 is 2.31 bits per heavy atom. The summed E-state index contributed by atoms with van der Waals surface area (Å²) in [7, 11) is -4.21. The quantitative estimate of drug-likeness (QED) is 0.376.